The number of ether oxygens (including phenoxy) is 1. The molecule has 1 N–H and O–H groups in total. The predicted molar refractivity (Wildman–Crippen MR) is 108 cm³/mol. The predicted octanol–water partition coefficient (Wildman–Crippen LogP) is 4.44. The highest BCUT2D eigenvalue weighted by Gasteiger charge is 2.61. The largest absolute Gasteiger partial charge is 0.508 e. The third-order valence-corrected chi connectivity index (χ3v) is 6.61. The molecule has 0 saturated heterocycles. The van der Waals surface area contributed by atoms with E-state index in [1.807, 2.05) is 12.3 Å². The lowest BCUT2D eigenvalue weighted by atomic mass is 9.74. The number of aliphatic imine (C=N–C) groups is 1. The van der Waals surface area contributed by atoms with Crippen LogP contribution in [0, 0.1) is 0 Å². The molecule has 27 heavy (non-hydrogen) atoms. The molecule has 0 aromatic heterocycles. The highest BCUT2D eigenvalue weighted by molar-refractivity contribution is 5.85. The summed E-state index contributed by atoms with van der Waals surface area (Å²) in [5.41, 5.74) is 3.00. The third-order valence-electron chi connectivity index (χ3n) is 6.61. The van der Waals surface area contributed by atoms with Crippen LogP contribution in [-0.2, 0) is 10.2 Å². The molecule has 2 aromatic carbocycles. The van der Waals surface area contributed by atoms with Gasteiger partial charge in [-0.2, -0.15) is 0 Å². The second kappa shape index (κ2) is 5.02. The van der Waals surface area contributed by atoms with Crippen molar-refractivity contribution in [2.75, 3.05) is 11.9 Å². The molecule has 5 rings (SSSR count). The van der Waals surface area contributed by atoms with Crippen LogP contribution in [0.25, 0.3) is 6.08 Å². The molecule has 0 fully saturated rings. The van der Waals surface area contributed by atoms with Gasteiger partial charge in [-0.3, -0.25) is 4.99 Å². The number of aromatic hydroxyl groups is 1. The molecule has 1 spiro atoms. The van der Waals surface area contributed by atoms with Crippen molar-refractivity contribution < 1.29 is 9.84 Å². The Hall–Kier alpha value is -2.59. The zero-order chi connectivity index (χ0) is 19.0. The number of likely N-dealkylation sites (N-methyl/N-ethyl adjacent to an activating group) is 1. The van der Waals surface area contributed by atoms with E-state index in [-0.39, 0.29) is 17.2 Å². The Bertz CT molecular complexity index is 1010. The average Bonchev–Trinajstić information content (AvgIpc) is 2.80. The third kappa shape index (κ3) is 1.94. The lowest BCUT2D eigenvalue weighted by molar-refractivity contribution is -0.130. The smallest absolute Gasteiger partial charge is 0.187 e. The monoisotopic (exact) mass is 360 g/mol. The van der Waals surface area contributed by atoms with Crippen molar-refractivity contribution in [1.29, 1.82) is 0 Å². The van der Waals surface area contributed by atoms with Crippen molar-refractivity contribution in [2.45, 2.75) is 43.6 Å². The van der Waals surface area contributed by atoms with Gasteiger partial charge in [0.05, 0.1) is 6.21 Å². The summed E-state index contributed by atoms with van der Waals surface area (Å²) in [6, 6.07) is 13.7. The van der Waals surface area contributed by atoms with Crippen molar-refractivity contribution in [3.05, 3.63) is 65.2 Å². The number of fused-ring (bicyclic) bond motifs is 4. The lowest BCUT2D eigenvalue weighted by Crippen LogP contribution is -2.64. The number of benzene rings is 2. The molecule has 0 radical (unpaired) electrons. The summed E-state index contributed by atoms with van der Waals surface area (Å²) in [7, 11) is 2.08. The van der Waals surface area contributed by atoms with Gasteiger partial charge in [0.2, 0.25) is 0 Å². The number of nitrogens with zero attached hydrogens (tertiary/aromatic N) is 2. The maximum atomic E-state index is 9.99. The van der Waals surface area contributed by atoms with Crippen LogP contribution < -0.4 is 4.90 Å². The Balaban J connectivity index is 1.68. The Morgan fingerprint density at radius 2 is 1.89 bits per heavy atom. The SMILES string of the molecule is CN1c2ccccc2C(C)(C)C12C=NC1c3cc(O)ccc3C=CC1(C)O2. The minimum absolute atomic E-state index is 0.178. The summed E-state index contributed by atoms with van der Waals surface area (Å²) in [6.07, 6.45) is 6.17. The van der Waals surface area contributed by atoms with E-state index >= 15 is 0 Å². The van der Waals surface area contributed by atoms with Crippen LogP contribution in [-0.4, -0.2) is 29.7 Å². The number of hydrogen-bond donors (Lipinski definition) is 1. The highest BCUT2D eigenvalue weighted by Crippen LogP contribution is 2.56. The number of anilines is 1. The Labute approximate surface area is 159 Å². The number of phenols is 1. The molecule has 4 nitrogen and oxygen atoms in total. The number of para-hydroxylation sites is 1. The van der Waals surface area contributed by atoms with Gasteiger partial charge < -0.3 is 14.7 Å². The van der Waals surface area contributed by atoms with Crippen molar-refractivity contribution in [2.24, 2.45) is 4.99 Å². The molecule has 2 heterocycles. The molecule has 3 unspecified atom stereocenters. The summed E-state index contributed by atoms with van der Waals surface area (Å²) in [5.74, 6) is 0.257. The van der Waals surface area contributed by atoms with E-state index in [0.717, 1.165) is 11.1 Å². The average molecular weight is 360 g/mol. The van der Waals surface area contributed by atoms with Crippen LogP contribution in [0.3, 0.4) is 0 Å². The molecule has 0 bridgehead atoms. The second-order valence-electron chi connectivity index (χ2n) is 8.51. The summed E-state index contributed by atoms with van der Waals surface area (Å²) in [6.45, 7) is 6.53. The highest BCUT2D eigenvalue weighted by atomic mass is 16.5. The van der Waals surface area contributed by atoms with E-state index in [1.54, 1.807) is 12.1 Å². The van der Waals surface area contributed by atoms with E-state index in [1.165, 1.54) is 11.3 Å². The van der Waals surface area contributed by atoms with Crippen molar-refractivity contribution in [1.82, 2.24) is 0 Å². The van der Waals surface area contributed by atoms with Crippen LogP contribution in [0.15, 0.2) is 53.5 Å². The summed E-state index contributed by atoms with van der Waals surface area (Å²) < 4.78 is 6.94. The van der Waals surface area contributed by atoms with Crippen molar-refractivity contribution >= 4 is 18.0 Å². The van der Waals surface area contributed by atoms with Crippen molar-refractivity contribution in [3.8, 4) is 5.75 Å². The molecule has 2 aliphatic heterocycles. The van der Waals surface area contributed by atoms with E-state index in [9.17, 15) is 5.11 Å². The fraction of sp³-hybridized carbons (Fsp3) is 0.348. The Morgan fingerprint density at radius 1 is 1.11 bits per heavy atom. The first-order valence-corrected chi connectivity index (χ1v) is 9.38. The maximum absolute atomic E-state index is 9.99. The zero-order valence-corrected chi connectivity index (χ0v) is 16.1. The zero-order valence-electron chi connectivity index (χ0n) is 16.1. The van der Waals surface area contributed by atoms with Crippen molar-refractivity contribution in [3.63, 3.8) is 0 Å². The molecule has 2 aromatic rings. The Kier molecular flexibility index (Phi) is 3.08. The fourth-order valence-electron chi connectivity index (χ4n) is 4.99. The summed E-state index contributed by atoms with van der Waals surface area (Å²) in [5, 5.41) is 9.99. The standard InChI is InChI=1S/C23H24N2O2/c1-21(2)18-7-5-6-8-19(18)25(4)23(21)14-24-20-17-13-16(26)10-9-15(17)11-12-22(20,3)27-23/h5-14,20,26H,1-4H3. The molecule has 0 amide bonds. The maximum Gasteiger partial charge on any atom is 0.187 e. The minimum Gasteiger partial charge on any atom is -0.508 e. The van der Waals surface area contributed by atoms with E-state index in [4.69, 9.17) is 9.73 Å². The normalized spacial score (nSPS) is 32.3. The van der Waals surface area contributed by atoms with Gasteiger partial charge in [-0.1, -0.05) is 44.2 Å². The molecule has 138 valence electrons. The first-order chi connectivity index (χ1) is 12.8. The molecular formula is C23H24N2O2. The van der Waals surface area contributed by atoms with Crippen LogP contribution in [0.2, 0.25) is 0 Å². The minimum atomic E-state index is -0.666. The molecule has 0 saturated carbocycles. The molecule has 3 atom stereocenters. The number of hydrogen-bond acceptors (Lipinski definition) is 4. The first kappa shape index (κ1) is 16.6. The lowest BCUT2D eigenvalue weighted by Gasteiger charge is -2.53. The van der Waals surface area contributed by atoms with Crippen LogP contribution in [0.1, 0.15) is 43.5 Å². The topological polar surface area (TPSA) is 45.1 Å². The van der Waals surface area contributed by atoms with Gasteiger partial charge >= 0.3 is 0 Å². The summed E-state index contributed by atoms with van der Waals surface area (Å²) in [4.78, 5) is 7.22. The first-order valence-electron chi connectivity index (χ1n) is 9.38. The second-order valence-corrected chi connectivity index (χ2v) is 8.51. The van der Waals surface area contributed by atoms with Gasteiger partial charge in [0.25, 0.3) is 0 Å². The van der Waals surface area contributed by atoms with E-state index in [0.29, 0.717) is 0 Å². The van der Waals surface area contributed by atoms with Gasteiger partial charge in [-0.05, 0) is 47.9 Å². The van der Waals surface area contributed by atoms with Gasteiger partial charge in [0.15, 0.2) is 5.72 Å². The van der Waals surface area contributed by atoms with E-state index < -0.39 is 11.3 Å². The fourth-order valence-corrected chi connectivity index (χ4v) is 4.99. The number of phenolic OH excluding ortho intramolecular Hbond substituents is 1. The quantitative estimate of drug-likeness (QED) is 0.755. The van der Waals surface area contributed by atoms with E-state index in [2.05, 4.69) is 69.1 Å². The van der Waals surface area contributed by atoms with Gasteiger partial charge in [-0.25, -0.2) is 0 Å². The van der Waals surface area contributed by atoms with Crippen LogP contribution >= 0.6 is 0 Å². The van der Waals surface area contributed by atoms with Gasteiger partial charge in [-0.15, -0.1) is 0 Å². The molecule has 4 heteroatoms. The summed E-state index contributed by atoms with van der Waals surface area (Å²) >= 11 is 0. The number of rotatable bonds is 0. The molecule has 1 aliphatic carbocycles. The Morgan fingerprint density at radius 3 is 2.67 bits per heavy atom. The molecular weight excluding hydrogens is 336 g/mol. The molecule has 3 aliphatic rings. The van der Waals surface area contributed by atoms with Gasteiger partial charge in [0.1, 0.15) is 17.4 Å². The van der Waals surface area contributed by atoms with Gasteiger partial charge in [0, 0.05) is 18.2 Å². The van der Waals surface area contributed by atoms with Crippen LogP contribution in [0.4, 0.5) is 5.69 Å². The van der Waals surface area contributed by atoms with Crippen LogP contribution in [0.5, 0.6) is 5.75 Å².